The Hall–Kier alpha value is -2.02. The Morgan fingerprint density at radius 3 is 2.44 bits per heavy atom. The van der Waals surface area contributed by atoms with E-state index in [1.165, 1.54) is 44.5 Å². The number of nitrogens with zero attached hydrogens (tertiary/aromatic N) is 7. The normalized spacial score (nSPS) is 21.9. The van der Waals surface area contributed by atoms with Crippen LogP contribution in [0.3, 0.4) is 0 Å². The summed E-state index contributed by atoms with van der Waals surface area (Å²) in [7, 11) is 2.14. The molecule has 2 aromatic rings. The predicted octanol–water partition coefficient (Wildman–Crippen LogP) is 2.46. The lowest BCUT2D eigenvalue weighted by atomic mass is 9.96. The van der Waals surface area contributed by atoms with E-state index in [1.54, 1.807) is 6.33 Å². The second-order valence-electron chi connectivity index (χ2n) is 8.35. The Balaban J connectivity index is 1.23. The zero-order valence-electron chi connectivity index (χ0n) is 16.2. The molecule has 7 heteroatoms. The van der Waals surface area contributed by atoms with E-state index in [2.05, 4.69) is 47.6 Å². The van der Waals surface area contributed by atoms with Crippen molar-refractivity contribution in [1.82, 2.24) is 29.6 Å². The van der Waals surface area contributed by atoms with E-state index in [0.29, 0.717) is 11.8 Å². The highest BCUT2D eigenvalue weighted by Gasteiger charge is 2.28. The molecule has 0 aromatic carbocycles. The molecular weight excluding hydrogens is 338 g/mol. The molecule has 0 unspecified atom stereocenters. The van der Waals surface area contributed by atoms with Crippen molar-refractivity contribution >= 4 is 5.82 Å². The first kappa shape index (κ1) is 17.1. The van der Waals surface area contributed by atoms with Crippen LogP contribution in [-0.4, -0.2) is 55.8 Å². The fourth-order valence-electron chi connectivity index (χ4n) is 4.51. The van der Waals surface area contributed by atoms with Gasteiger partial charge in [-0.05, 0) is 51.6 Å². The average molecular weight is 368 g/mol. The van der Waals surface area contributed by atoms with Crippen LogP contribution in [-0.2, 0) is 13.6 Å². The molecule has 0 bridgehead atoms. The number of piperidine rings is 1. The molecule has 5 rings (SSSR count). The summed E-state index contributed by atoms with van der Waals surface area (Å²) in [4.78, 5) is 13.9. The summed E-state index contributed by atoms with van der Waals surface area (Å²) in [5.41, 5.74) is 1.22. The lowest BCUT2D eigenvalue weighted by Gasteiger charge is -2.32. The molecule has 0 amide bonds. The Kier molecular flexibility index (Phi) is 4.55. The summed E-state index contributed by atoms with van der Waals surface area (Å²) in [5.74, 6) is 4.54. The van der Waals surface area contributed by atoms with Gasteiger partial charge < -0.3 is 9.47 Å². The van der Waals surface area contributed by atoms with Crippen LogP contribution in [0.5, 0.6) is 0 Å². The van der Waals surface area contributed by atoms with Crippen molar-refractivity contribution in [1.29, 1.82) is 0 Å². The van der Waals surface area contributed by atoms with E-state index in [-0.39, 0.29) is 0 Å². The fourth-order valence-corrected chi connectivity index (χ4v) is 4.51. The predicted molar refractivity (Wildman–Crippen MR) is 104 cm³/mol. The molecule has 2 aromatic heterocycles. The summed E-state index contributed by atoms with van der Waals surface area (Å²) >= 11 is 0. The van der Waals surface area contributed by atoms with E-state index < -0.39 is 0 Å². The van der Waals surface area contributed by atoms with E-state index in [1.807, 2.05) is 0 Å². The summed E-state index contributed by atoms with van der Waals surface area (Å²) in [6.07, 6.45) is 9.15. The highest BCUT2D eigenvalue weighted by atomic mass is 15.3. The Bertz CT molecular complexity index is 783. The van der Waals surface area contributed by atoms with Crippen LogP contribution in [0.15, 0.2) is 12.4 Å². The minimum Gasteiger partial charge on any atom is -0.356 e. The van der Waals surface area contributed by atoms with Crippen molar-refractivity contribution in [2.45, 2.75) is 56.9 Å². The van der Waals surface area contributed by atoms with Gasteiger partial charge in [0, 0.05) is 43.7 Å². The van der Waals surface area contributed by atoms with Crippen LogP contribution in [0.2, 0.25) is 0 Å². The highest BCUT2D eigenvalue weighted by Crippen LogP contribution is 2.39. The van der Waals surface area contributed by atoms with Crippen molar-refractivity contribution in [2.24, 2.45) is 7.05 Å². The summed E-state index contributed by atoms with van der Waals surface area (Å²) < 4.78 is 2.24. The summed E-state index contributed by atoms with van der Waals surface area (Å²) in [6, 6.07) is 2.20. The second kappa shape index (κ2) is 7.19. The fraction of sp³-hybridized carbons (Fsp3) is 0.700. The first-order valence-corrected chi connectivity index (χ1v) is 10.5. The minimum atomic E-state index is 0.496. The average Bonchev–Trinajstić information content (AvgIpc) is 3.33. The maximum absolute atomic E-state index is 4.57. The monoisotopic (exact) mass is 367 g/mol. The van der Waals surface area contributed by atoms with Crippen molar-refractivity contribution < 1.29 is 0 Å². The van der Waals surface area contributed by atoms with E-state index in [0.717, 1.165) is 49.9 Å². The molecule has 7 nitrogen and oxygen atoms in total. The lowest BCUT2D eigenvalue weighted by molar-refractivity contribution is 0.317. The van der Waals surface area contributed by atoms with Crippen LogP contribution >= 0.6 is 0 Å². The van der Waals surface area contributed by atoms with E-state index >= 15 is 0 Å². The molecule has 0 spiro atoms. The third-order valence-electron chi connectivity index (χ3n) is 6.42. The van der Waals surface area contributed by atoms with Crippen LogP contribution in [0.25, 0.3) is 0 Å². The summed E-state index contributed by atoms with van der Waals surface area (Å²) in [6.45, 7) is 5.39. The Morgan fingerprint density at radius 1 is 0.926 bits per heavy atom. The van der Waals surface area contributed by atoms with Crippen molar-refractivity contribution in [3.63, 3.8) is 0 Å². The highest BCUT2D eigenvalue weighted by molar-refractivity contribution is 5.41. The number of hydrogen-bond donors (Lipinski definition) is 0. The van der Waals surface area contributed by atoms with Gasteiger partial charge in [0.25, 0.3) is 0 Å². The lowest BCUT2D eigenvalue weighted by Crippen LogP contribution is -2.34. The van der Waals surface area contributed by atoms with Crippen molar-refractivity contribution in [3.05, 3.63) is 29.7 Å². The number of rotatable bonds is 5. The molecule has 4 heterocycles. The number of likely N-dealkylation sites (tertiary alicyclic amines) is 1. The maximum Gasteiger partial charge on any atom is 0.146 e. The van der Waals surface area contributed by atoms with Crippen LogP contribution in [0, 0.1) is 0 Å². The molecule has 0 atom stereocenters. The van der Waals surface area contributed by atoms with E-state index in [9.17, 15) is 0 Å². The molecule has 0 N–H and O–H groups in total. The van der Waals surface area contributed by atoms with Gasteiger partial charge in [0.1, 0.15) is 23.8 Å². The van der Waals surface area contributed by atoms with Crippen molar-refractivity contribution in [3.8, 4) is 0 Å². The topological polar surface area (TPSA) is 63.0 Å². The van der Waals surface area contributed by atoms with Gasteiger partial charge in [0.2, 0.25) is 0 Å². The largest absolute Gasteiger partial charge is 0.356 e. The van der Waals surface area contributed by atoms with Gasteiger partial charge >= 0.3 is 0 Å². The van der Waals surface area contributed by atoms with Crippen LogP contribution < -0.4 is 4.90 Å². The van der Waals surface area contributed by atoms with Gasteiger partial charge in [0.05, 0.1) is 6.54 Å². The Morgan fingerprint density at radius 2 is 1.70 bits per heavy atom. The molecule has 3 aliphatic rings. The molecule has 1 aliphatic carbocycles. The molecule has 27 heavy (non-hydrogen) atoms. The third kappa shape index (κ3) is 3.57. The van der Waals surface area contributed by atoms with Gasteiger partial charge in [-0.15, -0.1) is 10.2 Å². The quantitative estimate of drug-likeness (QED) is 0.809. The van der Waals surface area contributed by atoms with Crippen LogP contribution in [0.4, 0.5) is 5.82 Å². The SMILES string of the molecule is Cn1c(CN2CCCC2)nnc1C1CCN(c2cc(C3CC3)ncn2)CC1. The van der Waals surface area contributed by atoms with Gasteiger partial charge in [-0.2, -0.15) is 0 Å². The zero-order valence-corrected chi connectivity index (χ0v) is 16.2. The Labute approximate surface area is 160 Å². The molecule has 2 aliphatic heterocycles. The first-order valence-electron chi connectivity index (χ1n) is 10.5. The first-order chi connectivity index (χ1) is 13.3. The molecule has 0 radical (unpaired) electrons. The molecular formula is C20H29N7. The standard InChI is InChI=1S/C20H29N7/c1-25-19(13-26-8-2-3-9-26)23-24-20(25)16-6-10-27(11-7-16)18-12-17(15-4-5-15)21-14-22-18/h12,14-16H,2-11,13H2,1H3. The molecule has 3 fully saturated rings. The number of anilines is 1. The van der Waals surface area contributed by atoms with Gasteiger partial charge in [0.15, 0.2) is 0 Å². The summed E-state index contributed by atoms with van der Waals surface area (Å²) in [5, 5.41) is 9.07. The molecule has 2 saturated heterocycles. The van der Waals surface area contributed by atoms with Gasteiger partial charge in [-0.3, -0.25) is 4.90 Å². The smallest absolute Gasteiger partial charge is 0.146 e. The maximum atomic E-state index is 4.57. The molecule has 144 valence electrons. The van der Waals surface area contributed by atoms with Crippen LogP contribution in [0.1, 0.15) is 67.7 Å². The minimum absolute atomic E-state index is 0.496. The number of hydrogen-bond acceptors (Lipinski definition) is 6. The zero-order chi connectivity index (χ0) is 18.2. The number of aromatic nitrogens is 5. The molecule has 1 saturated carbocycles. The van der Waals surface area contributed by atoms with Gasteiger partial charge in [-0.1, -0.05) is 0 Å². The van der Waals surface area contributed by atoms with Gasteiger partial charge in [-0.25, -0.2) is 9.97 Å². The third-order valence-corrected chi connectivity index (χ3v) is 6.42. The van der Waals surface area contributed by atoms with Crippen molar-refractivity contribution in [2.75, 3.05) is 31.1 Å². The van der Waals surface area contributed by atoms with E-state index in [4.69, 9.17) is 0 Å². The second-order valence-corrected chi connectivity index (χ2v) is 8.35.